The van der Waals surface area contributed by atoms with E-state index in [0.717, 1.165) is 11.4 Å². The van der Waals surface area contributed by atoms with E-state index in [4.69, 9.17) is 26.1 Å². The van der Waals surface area contributed by atoms with Gasteiger partial charge in [-0.3, -0.25) is 4.79 Å². The van der Waals surface area contributed by atoms with Crippen LogP contribution in [0.2, 0.25) is 5.15 Å². The molecule has 8 nitrogen and oxygen atoms in total. The molecular weight excluding hydrogens is 553 g/mol. The summed E-state index contributed by atoms with van der Waals surface area (Å²) in [5.74, 6) is 0.682. The smallest absolute Gasteiger partial charge is 0.253 e. The molecule has 1 aromatic heterocycles. The lowest BCUT2D eigenvalue weighted by atomic mass is 10.0. The zero-order valence-corrected chi connectivity index (χ0v) is 23.7. The number of halogens is 2. The van der Waals surface area contributed by atoms with Gasteiger partial charge in [-0.1, -0.05) is 47.6 Å². The largest absolute Gasteiger partial charge is 0.366 e. The van der Waals surface area contributed by atoms with E-state index in [1.54, 1.807) is 12.1 Å². The van der Waals surface area contributed by atoms with Crippen molar-refractivity contribution in [3.05, 3.63) is 76.7 Å². The van der Waals surface area contributed by atoms with E-state index in [1.165, 1.54) is 17.8 Å². The van der Waals surface area contributed by atoms with Crippen LogP contribution in [0.15, 0.2) is 59.8 Å². The maximum absolute atomic E-state index is 14.2. The molecule has 40 heavy (non-hydrogen) atoms. The summed E-state index contributed by atoms with van der Waals surface area (Å²) in [4.78, 5) is 28.4. The lowest BCUT2D eigenvalue weighted by Gasteiger charge is -2.37. The second-order valence-corrected chi connectivity index (χ2v) is 11.5. The van der Waals surface area contributed by atoms with Crippen LogP contribution in [0.5, 0.6) is 0 Å². The first-order valence-electron chi connectivity index (χ1n) is 13.6. The number of piperidine rings is 1. The number of hydrogen-bond donors (Lipinski definition) is 0. The van der Waals surface area contributed by atoms with Crippen LogP contribution in [0.3, 0.4) is 0 Å². The molecule has 210 valence electrons. The first-order chi connectivity index (χ1) is 19.5. The number of benzene rings is 2. The molecule has 0 bridgehead atoms. The van der Waals surface area contributed by atoms with Gasteiger partial charge in [0.1, 0.15) is 16.8 Å². The third-order valence-electron chi connectivity index (χ3n) is 7.63. The number of aromatic nitrogens is 2. The van der Waals surface area contributed by atoms with Crippen LogP contribution in [0, 0.1) is 5.82 Å². The third kappa shape index (κ3) is 6.05. The first-order valence-corrected chi connectivity index (χ1v) is 14.9. The van der Waals surface area contributed by atoms with Gasteiger partial charge in [0.25, 0.3) is 5.91 Å². The molecule has 1 amide bonds. The van der Waals surface area contributed by atoms with Crippen molar-refractivity contribution in [1.29, 1.82) is 0 Å². The highest BCUT2D eigenvalue weighted by molar-refractivity contribution is 7.98. The molecule has 0 unspecified atom stereocenters. The Kier molecular flexibility index (Phi) is 8.11. The zero-order valence-electron chi connectivity index (χ0n) is 22.1. The van der Waals surface area contributed by atoms with Gasteiger partial charge >= 0.3 is 0 Å². The number of amides is 1. The van der Waals surface area contributed by atoms with Crippen molar-refractivity contribution in [2.45, 2.75) is 29.5 Å². The Morgan fingerprint density at radius 2 is 1.65 bits per heavy atom. The molecule has 3 aliphatic heterocycles. The van der Waals surface area contributed by atoms with E-state index in [1.807, 2.05) is 41.3 Å². The summed E-state index contributed by atoms with van der Waals surface area (Å²) in [6.07, 6.45) is 1.39. The van der Waals surface area contributed by atoms with Crippen molar-refractivity contribution in [3.63, 3.8) is 0 Å². The second kappa shape index (κ2) is 11.9. The molecule has 4 heterocycles. The molecule has 3 fully saturated rings. The molecule has 3 aromatic rings. The maximum Gasteiger partial charge on any atom is 0.253 e. The number of rotatable bonds is 6. The number of carbonyl (C=O) groups is 1. The minimum absolute atomic E-state index is 0.0236. The van der Waals surface area contributed by atoms with Gasteiger partial charge in [-0.2, -0.15) is 0 Å². The fourth-order valence-corrected chi connectivity index (χ4v) is 6.48. The van der Waals surface area contributed by atoms with Gasteiger partial charge in [0.2, 0.25) is 0 Å². The molecule has 11 heteroatoms. The van der Waals surface area contributed by atoms with Gasteiger partial charge in [-0.05, 0) is 29.8 Å². The Bertz CT molecular complexity index is 1360. The quantitative estimate of drug-likeness (QED) is 0.231. The number of hydrogen-bond acceptors (Lipinski definition) is 8. The van der Waals surface area contributed by atoms with E-state index < -0.39 is 5.79 Å². The van der Waals surface area contributed by atoms with Crippen LogP contribution in [-0.2, 0) is 15.2 Å². The maximum atomic E-state index is 14.2. The van der Waals surface area contributed by atoms with E-state index in [0.29, 0.717) is 92.6 Å². The first kappa shape index (κ1) is 27.3. The molecule has 2 aromatic carbocycles. The highest BCUT2D eigenvalue weighted by atomic mass is 35.5. The summed E-state index contributed by atoms with van der Waals surface area (Å²) < 4.78 is 25.8. The van der Waals surface area contributed by atoms with Crippen LogP contribution >= 0.6 is 23.4 Å². The molecule has 0 aliphatic carbocycles. The minimum Gasteiger partial charge on any atom is -0.366 e. The van der Waals surface area contributed by atoms with Crippen LogP contribution in [0.25, 0.3) is 0 Å². The molecule has 1 spiro atoms. The summed E-state index contributed by atoms with van der Waals surface area (Å²) in [5.41, 5.74) is 2.30. The van der Waals surface area contributed by atoms with Crippen molar-refractivity contribution in [2.24, 2.45) is 0 Å². The fourth-order valence-electron chi connectivity index (χ4n) is 5.46. The molecule has 0 atom stereocenters. The molecule has 6 rings (SSSR count). The van der Waals surface area contributed by atoms with Crippen molar-refractivity contribution >= 4 is 40.8 Å². The van der Waals surface area contributed by atoms with Gasteiger partial charge < -0.3 is 24.2 Å². The monoisotopic (exact) mass is 583 g/mol. The van der Waals surface area contributed by atoms with Crippen molar-refractivity contribution in [2.75, 3.05) is 62.3 Å². The number of carbonyl (C=O) groups excluding carboxylic acids is 1. The Morgan fingerprint density at radius 3 is 2.40 bits per heavy atom. The molecule has 3 saturated heterocycles. The summed E-state index contributed by atoms with van der Waals surface area (Å²) in [6, 6.07) is 16.3. The third-order valence-corrected chi connectivity index (χ3v) is 8.74. The summed E-state index contributed by atoms with van der Waals surface area (Å²) in [6.45, 7) is 5.25. The number of piperazine rings is 1. The zero-order chi connectivity index (χ0) is 27.5. The molecule has 3 aliphatic rings. The normalized spacial score (nSPS) is 18.9. The molecule has 0 saturated carbocycles. The van der Waals surface area contributed by atoms with Crippen LogP contribution < -0.4 is 9.80 Å². The van der Waals surface area contributed by atoms with Gasteiger partial charge in [0.15, 0.2) is 10.9 Å². The number of anilines is 2. The van der Waals surface area contributed by atoms with Crippen molar-refractivity contribution in [1.82, 2.24) is 14.9 Å². The van der Waals surface area contributed by atoms with Gasteiger partial charge in [-0.25, -0.2) is 14.4 Å². The van der Waals surface area contributed by atoms with Crippen molar-refractivity contribution < 1.29 is 18.7 Å². The molecule has 0 N–H and O–H groups in total. The lowest BCUT2D eigenvalue weighted by molar-refractivity contribution is -0.181. The van der Waals surface area contributed by atoms with Gasteiger partial charge in [-0.15, -0.1) is 0 Å². The Hall–Kier alpha value is -2.92. The van der Waals surface area contributed by atoms with E-state index in [2.05, 4.69) is 14.8 Å². The topological polar surface area (TPSA) is 71.0 Å². The Morgan fingerprint density at radius 1 is 0.925 bits per heavy atom. The lowest BCUT2D eigenvalue weighted by Crippen LogP contribution is -2.47. The van der Waals surface area contributed by atoms with E-state index in [9.17, 15) is 9.18 Å². The molecule has 0 radical (unpaired) electrons. The fraction of sp³-hybridized carbons (Fsp3) is 0.414. The number of para-hydroxylation sites is 1. The van der Waals surface area contributed by atoms with Gasteiger partial charge in [0, 0.05) is 69.5 Å². The predicted molar refractivity (Wildman–Crippen MR) is 154 cm³/mol. The second-order valence-electron chi connectivity index (χ2n) is 10.1. The summed E-state index contributed by atoms with van der Waals surface area (Å²) >= 11 is 7.86. The van der Waals surface area contributed by atoms with E-state index in [-0.39, 0.29) is 11.7 Å². The Labute approximate surface area is 242 Å². The summed E-state index contributed by atoms with van der Waals surface area (Å²) in [7, 11) is 0. The Balaban J connectivity index is 1.06. The highest BCUT2D eigenvalue weighted by Gasteiger charge is 2.40. The van der Waals surface area contributed by atoms with E-state index >= 15 is 0 Å². The molecular formula is C29H31ClFN5O3S. The summed E-state index contributed by atoms with van der Waals surface area (Å²) in [5, 5.41) is 0.958. The number of likely N-dealkylation sites (tertiary alicyclic amines) is 1. The van der Waals surface area contributed by atoms with Crippen molar-refractivity contribution in [3.8, 4) is 0 Å². The highest BCUT2D eigenvalue weighted by Crippen LogP contribution is 2.32. The standard InChI is InChI=1S/C29H31ClFN5O3S/c30-25-19-26(35-14-12-34(13-15-35)24-7-2-1-6-23(24)31)33-28(32-25)40-20-21-4-3-5-22(18-21)27(37)36-10-8-29(9-11-36)38-16-17-39-29/h1-7,18-19H,8-17,20H2. The average Bonchev–Trinajstić information content (AvgIpc) is 3.44. The van der Waals surface area contributed by atoms with Gasteiger partial charge in [0.05, 0.1) is 18.9 Å². The van der Waals surface area contributed by atoms with Crippen LogP contribution in [0.4, 0.5) is 15.9 Å². The van der Waals surface area contributed by atoms with Crippen LogP contribution in [-0.4, -0.2) is 79.0 Å². The number of nitrogens with zero attached hydrogens (tertiary/aromatic N) is 5. The number of thioether (sulfide) groups is 1. The predicted octanol–water partition coefficient (Wildman–Crippen LogP) is 4.87. The SMILES string of the molecule is O=C(c1cccc(CSc2nc(Cl)cc(N3CCN(c4ccccc4F)CC3)n2)c1)N1CCC2(CC1)OCCO2. The minimum atomic E-state index is -0.502. The van der Waals surface area contributed by atoms with Crippen LogP contribution in [0.1, 0.15) is 28.8 Å². The number of ether oxygens (including phenoxy) is 2. The average molecular weight is 584 g/mol.